The van der Waals surface area contributed by atoms with Crippen molar-refractivity contribution in [2.75, 3.05) is 13.1 Å². The SMILES string of the molecule is CC.CC1CN(Cc2ccccc2)C1. The topological polar surface area (TPSA) is 3.24 Å². The maximum atomic E-state index is 2.49. The summed E-state index contributed by atoms with van der Waals surface area (Å²) in [6, 6.07) is 10.7. The van der Waals surface area contributed by atoms with Crippen molar-refractivity contribution >= 4 is 0 Å². The molecule has 0 amide bonds. The summed E-state index contributed by atoms with van der Waals surface area (Å²) in [5.41, 5.74) is 1.43. The van der Waals surface area contributed by atoms with E-state index in [9.17, 15) is 0 Å². The number of rotatable bonds is 2. The van der Waals surface area contributed by atoms with E-state index in [2.05, 4.69) is 42.2 Å². The van der Waals surface area contributed by atoms with Crippen molar-refractivity contribution in [3.63, 3.8) is 0 Å². The van der Waals surface area contributed by atoms with Crippen molar-refractivity contribution in [2.24, 2.45) is 5.92 Å². The standard InChI is InChI=1S/C11H15N.C2H6/c1-10-7-12(8-10)9-11-5-3-2-4-6-11;1-2/h2-6,10H,7-9H2,1H3;1-2H3. The normalized spacial score (nSPS) is 16.8. The second kappa shape index (κ2) is 5.82. The van der Waals surface area contributed by atoms with E-state index >= 15 is 0 Å². The van der Waals surface area contributed by atoms with Gasteiger partial charge in [0.15, 0.2) is 0 Å². The summed E-state index contributed by atoms with van der Waals surface area (Å²) in [6.07, 6.45) is 0. The lowest BCUT2D eigenvalue weighted by Gasteiger charge is -2.37. The maximum Gasteiger partial charge on any atom is 0.0233 e. The summed E-state index contributed by atoms with van der Waals surface area (Å²) in [6.45, 7) is 9.98. The Morgan fingerprint density at radius 2 is 1.71 bits per heavy atom. The summed E-state index contributed by atoms with van der Waals surface area (Å²) in [5, 5.41) is 0. The molecule has 2 rings (SSSR count). The summed E-state index contributed by atoms with van der Waals surface area (Å²) in [4.78, 5) is 2.49. The van der Waals surface area contributed by atoms with E-state index < -0.39 is 0 Å². The Morgan fingerprint density at radius 1 is 1.14 bits per heavy atom. The van der Waals surface area contributed by atoms with Gasteiger partial charge in [-0.2, -0.15) is 0 Å². The molecule has 1 saturated heterocycles. The van der Waals surface area contributed by atoms with Crippen LogP contribution in [-0.4, -0.2) is 18.0 Å². The molecule has 1 nitrogen and oxygen atoms in total. The zero-order chi connectivity index (χ0) is 10.4. The molecule has 1 fully saturated rings. The van der Waals surface area contributed by atoms with Gasteiger partial charge in [0.1, 0.15) is 0 Å². The summed E-state index contributed by atoms with van der Waals surface area (Å²) < 4.78 is 0. The van der Waals surface area contributed by atoms with E-state index in [-0.39, 0.29) is 0 Å². The predicted molar refractivity (Wildman–Crippen MR) is 62.2 cm³/mol. The molecule has 1 aliphatic rings. The molecule has 0 aromatic heterocycles. The second-order valence-electron chi connectivity index (χ2n) is 3.78. The molecule has 0 saturated carbocycles. The average Bonchev–Trinajstić information content (AvgIpc) is 2.20. The van der Waals surface area contributed by atoms with Crippen molar-refractivity contribution in [2.45, 2.75) is 27.3 Å². The van der Waals surface area contributed by atoms with Gasteiger partial charge in [-0.3, -0.25) is 4.90 Å². The highest BCUT2D eigenvalue weighted by molar-refractivity contribution is 5.14. The summed E-state index contributed by atoms with van der Waals surface area (Å²) >= 11 is 0. The summed E-state index contributed by atoms with van der Waals surface area (Å²) in [5.74, 6) is 0.911. The Hall–Kier alpha value is -0.820. The van der Waals surface area contributed by atoms with Crippen molar-refractivity contribution in [3.05, 3.63) is 35.9 Å². The molecule has 0 atom stereocenters. The molecule has 0 aliphatic carbocycles. The second-order valence-corrected chi connectivity index (χ2v) is 3.78. The maximum absolute atomic E-state index is 2.49. The zero-order valence-corrected chi connectivity index (χ0v) is 9.53. The molecule has 0 spiro atoms. The van der Waals surface area contributed by atoms with Gasteiger partial charge in [-0.1, -0.05) is 51.1 Å². The van der Waals surface area contributed by atoms with E-state index in [4.69, 9.17) is 0 Å². The Bertz CT molecular complexity index is 237. The van der Waals surface area contributed by atoms with E-state index in [1.807, 2.05) is 13.8 Å². The molecule has 0 radical (unpaired) electrons. The minimum Gasteiger partial charge on any atom is -0.298 e. The van der Waals surface area contributed by atoms with Gasteiger partial charge in [-0.05, 0) is 11.5 Å². The van der Waals surface area contributed by atoms with Crippen LogP contribution in [0, 0.1) is 5.92 Å². The van der Waals surface area contributed by atoms with E-state index in [0.717, 1.165) is 12.5 Å². The number of hydrogen-bond acceptors (Lipinski definition) is 1. The molecule has 1 aromatic carbocycles. The van der Waals surface area contributed by atoms with Gasteiger partial charge in [-0.15, -0.1) is 0 Å². The van der Waals surface area contributed by atoms with Crippen LogP contribution in [0.5, 0.6) is 0 Å². The highest BCUT2D eigenvalue weighted by Gasteiger charge is 2.21. The molecule has 1 heterocycles. The largest absolute Gasteiger partial charge is 0.298 e. The van der Waals surface area contributed by atoms with Crippen LogP contribution in [0.2, 0.25) is 0 Å². The van der Waals surface area contributed by atoms with Crippen LogP contribution in [0.1, 0.15) is 26.3 Å². The smallest absolute Gasteiger partial charge is 0.0233 e. The predicted octanol–water partition coefficient (Wildman–Crippen LogP) is 3.16. The molecular formula is C13H21N. The van der Waals surface area contributed by atoms with Crippen LogP contribution in [-0.2, 0) is 6.54 Å². The molecule has 1 heteroatoms. The first kappa shape index (κ1) is 11.3. The minimum atomic E-state index is 0.911. The first-order valence-electron chi connectivity index (χ1n) is 5.61. The lowest BCUT2D eigenvalue weighted by molar-refractivity contribution is 0.105. The first-order chi connectivity index (χ1) is 6.84. The lowest BCUT2D eigenvalue weighted by Crippen LogP contribution is -2.44. The highest BCUT2D eigenvalue weighted by Crippen LogP contribution is 2.17. The third-order valence-electron chi connectivity index (χ3n) is 2.39. The van der Waals surface area contributed by atoms with Gasteiger partial charge in [0.05, 0.1) is 0 Å². The van der Waals surface area contributed by atoms with Crippen LogP contribution >= 0.6 is 0 Å². The van der Waals surface area contributed by atoms with Gasteiger partial charge in [-0.25, -0.2) is 0 Å². The first-order valence-corrected chi connectivity index (χ1v) is 5.61. The molecule has 0 N–H and O–H groups in total. The molecule has 1 aromatic rings. The monoisotopic (exact) mass is 191 g/mol. The van der Waals surface area contributed by atoms with E-state index in [1.54, 1.807) is 0 Å². The Labute approximate surface area is 87.7 Å². The van der Waals surface area contributed by atoms with Crippen LogP contribution in [0.25, 0.3) is 0 Å². The number of benzene rings is 1. The number of likely N-dealkylation sites (tertiary alicyclic amines) is 1. The quantitative estimate of drug-likeness (QED) is 0.694. The Morgan fingerprint density at radius 3 is 2.21 bits per heavy atom. The van der Waals surface area contributed by atoms with Gasteiger partial charge >= 0.3 is 0 Å². The van der Waals surface area contributed by atoms with Gasteiger partial charge in [0.25, 0.3) is 0 Å². The Balaban J connectivity index is 0.000000461. The van der Waals surface area contributed by atoms with Crippen LogP contribution < -0.4 is 0 Å². The average molecular weight is 191 g/mol. The lowest BCUT2D eigenvalue weighted by atomic mass is 10.0. The van der Waals surface area contributed by atoms with Crippen LogP contribution in [0.15, 0.2) is 30.3 Å². The van der Waals surface area contributed by atoms with Crippen molar-refractivity contribution < 1.29 is 0 Å². The van der Waals surface area contributed by atoms with Crippen molar-refractivity contribution in [3.8, 4) is 0 Å². The van der Waals surface area contributed by atoms with Gasteiger partial charge in [0.2, 0.25) is 0 Å². The fraction of sp³-hybridized carbons (Fsp3) is 0.538. The molecular weight excluding hydrogens is 170 g/mol. The molecule has 0 bridgehead atoms. The third kappa shape index (κ3) is 3.15. The molecule has 14 heavy (non-hydrogen) atoms. The van der Waals surface area contributed by atoms with Crippen molar-refractivity contribution in [1.29, 1.82) is 0 Å². The molecule has 1 aliphatic heterocycles. The van der Waals surface area contributed by atoms with Crippen molar-refractivity contribution in [1.82, 2.24) is 4.90 Å². The summed E-state index contributed by atoms with van der Waals surface area (Å²) in [7, 11) is 0. The third-order valence-corrected chi connectivity index (χ3v) is 2.39. The highest BCUT2D eigenvalue weighted by atomic mass is 15.2. The minimum absolute atomic E-state index is 0.911. The van der Waals surface area contributed by atoms with Crippen LogP contribution in [0.3, 0.4) is 0 Å². The fourth-order valence-electron chi connectivity index (χ4n) is 1.80. The van der Waals surface area contributed by atoms with Gasteiger partial charge in [0, 0.05) is 19.6 Å². The van der Waals surface area contributed by atoms with Crippen LogP contribution in [0.4, 0.5) is 0 Å². The Kier molecular flexibility index (Phi) is 4.68. The van der Waals surface area contributed by atoms with E-state index in [0.29, 0.717) is 0 Å². The number of nitrogens with zero attached hydrogens (tertiary/aromatic N) is 1. The zero-order valence-electron chi connectivity index (χ0n) is 9.53. The fourth-order valence-corrected chi connectivity index (χ4v) is 1.80. The van der Waals surface area contributed by atoms with E-state index in [1.165, 1.54) is 18.7 Å². The molecule has 0 unspecified atom stereocenters. The van der Waals surface area contributed by atoms with Gasteiger partial charge < -0.3 is 0 Å². The number of hydrogen-bond donors (Lipinski definition) is 0. The molecule has 78 valence electrons.